The highest BCUT2D eigenvalue weighted by Crippen LogP contribution is 2.21. The highest BCUT2D eigenvalue weighted by Gasteiger charge is 2.07. The first kappa shape index (κ1) is 8.12. The smallest absolute Gasteiger partial charge is 0.0249 e. The highest BCUT2D eigenvalue weighted by molar-refractivity contribution is 5.55. The molecule has 1 aromatic rings. The van der Waals surface area contributed by atoms with Crippen molar-refractivity contribution < 1.29 is 0 Å². The first-order chi connectivity index (χ1) is 5.16. The van der Waals surface area contributed by atoms with Crippen LogP contribution in [0.15, 0.2) is 12.8 Å². The van der Waals surface area contributed by atoms with E-state index in [1.54, 1.807) is 0 Å². The van der Waals surface area contributed by atoms with Crippen LogP contribution in [0.1, 0.15) is 36.6 Å². The van der Waals surface area contributed by atoms with E-state index >= 15 is 0 Å². The summed E-state index contributed by atoms with van der Waals surface area (Å²) in [5.41, 5.74) is 3.83. The summed E-state index contributed by atoms with van der Waals surface area (Å²) in [6, 6.07) is 0. The number of aryl methyl sites for hydroxylation is 1. The molecule has 0 radical (unpaired) electrons. The van der Waals surface area contributed by atoms with Gasteiger partial charge in [-0.2, -0.15) is 0 Å². The Balaban J connectivity index is 3.15. The molecule has 0 atom stereocenters. The van der Waals surface area contributed by atoms with Crippen LogP contribution in [-0.4, -0.2) is 4.98 Å². The number of nitrogens with one attached hydrogen (secondary N) is 1. The van der Waals surface area contributed by atoms with E-state index in [1.165, 1.54) is 16.8 Å². The van der Waals surface area contributed by atoms with Crippen molar-refractivity contribution in [2.45, 2.75) is 26.7 Å². The first-order valence-electron chi connectivity index (χ1n) is 3.97. The molecule has 1 heteroatoms. The molecule has 1 rings (SSSR count). The zero-order valence-corrected chi connectivity index (χ0v) is 7.44. The minimum absolute atomic E-state index is 0.552. The third kappa shape index (κ3) is 1.37. The summed E-state index contributed by atoms with van der Waals surface area (Å²) in [6.45, 7) is 10.2. The maximum atomic E-state index is 3.79. The molecule has 0 aliphatic heterocycles. The molecule has 60 valence electrons. The zero-order chi connectivity index (χ0) is 8.43. The van der Waals surface area contributed by atoms with Crippen LogP contribution in [0.25, 0.3) is 6.08 Å². The van der Waals surface area contributed by atoms with Gasteiger partial charge in [-0.3, -0.25) is 0 Å². The van der Waals surface area contributed by atoms with E-state index in [0.717, 1.165) is 0 Å². The van der Waals surface area contributed by atoms with Gasteiger partial charge in [0, 0.05) is 11.9 Å². The Hall–Kier alpha value is -0.980. The summed E-state index contributed by atoms with van der Waals surface area (Å²) in [5, 5.41) is 0. The van der Waals surface area contributed by atoms with Gasteiger partial charge in [0.25, 0.3) is 0 Å². The van der Waals surface area contributed by atoms with Crippen molar-refractivity contribution >= 4 is 6.08 Å². The molecule has 0 aliphatic carbocycles. The molecule has 1 nitrogen and oxygen atoms in total. The lowest BCUT2D eigenvalue weighted by Gasteiger charge is -2.03. The lowest BCUT2D eigenvalue weighted by molar-refractivity contribution is 0.830. The van der Waals surface area contributed by atoms with Crippen LogP contribution < -0.4 is 0 Å². The van der Waals surface area contributed by atoms with Crippen molar-refractivity contribution in [1.29, 1.82) is 0 Å². The Morgan fingerprint density at radius 3 is 2.55 bits per heavy atom. The van der Waals surface area contributed by atoms with Crippen molar-refractivity contribution in [3.05, 3.63) is 29.6 Å². The number of hydrogen-bond donors (Lipinski definition) is 1. The van der Waals surface area contributed by atoms with Gasteiger partial charge in [0.2, 0.25) is 0 Å². The summed E-state index contributed by atoms with van der Waals surface area (Å²) in [5.74, 6) is 0.552. The van der Waals surface area contributed by atoms with Crippen LogP contribution in [-0.2, 0) is 0 Å². The summed E-state index contributed by atoms with van der Waals surface area (Å²) in [7, 11) is 0. The Morgan fingerprint density at radius 1 is 1.55 bits per heavy atom. The average molecular weight is 149 g/mol. The minimum Gasteiger partial charge on any atom is -0.364 e. The molecular weight excluding hydrogens is 134 g/mol. The monoisotopic (exact) mass is 149 g/mol. The molecule has 0 spiro atoms. The third-order valence-electron chi connectivity index (χ3n) is 1.94. The second-order valence-electron chi connectivity index (χ2n) is 3.16. The second-order valence-corrected chi connectivity index (χ2v) is 3.16. The maximum Gasteiger partial charge on any atom is 0.0249 e. The van der Waals surface area contributed by atoms with Gasteiger partial charge in [0.15, 0.2) is 0 Å². The summed E-state index contributed by atoms with van der Waals surface area (Å²) < 4.78 is 0. The van der Waals surface area contributed by atoms with Gasteiger partial charge in [0.05, 0.1) is 0 Å². The van der Waals surface area contributed by atoms with Crippen molar-refractivity contribution in [1.82, 2.24) is 4.98 Å². The van der Waals surface area contributed by atoms with Gasteiger partial charge in [-0.05, 0) is 24.0 Å². The normalized spacial score (nSPS) is 10.5. The van der Waals surface area contributed by atoms with E-state index in [4.69, 9.17) is 0 Å². The Morgan fingerprint density at radius 2 is 2.18 bits per heavy atom. The van der Waals surface area contributed by atoms with Crippen molar-refractivity contribution in [2.75, 3.05) is 0 Å². The molecule has 11 heavy (non-hydrogen) atoms. The molecule has 0 fully saturated rings. The van der Waals surface area contributed by atoms with Crippen LogP contribution in [0.2, 0.25) is 0 Å². The lowest BCUT2D eigenvalue weighted by atomic mass is 10.0. The molecule has 0 saturated heterocycles. The second kappa shape index (κ2) is 2.95. The predicted octanol–water partition coefficient (Wildman–Crippen LogP) is 3.09. The summed E-state index contributed by atoms with van der Waals surface area (Å²) in [4.78, 5) is 3.25. The fourth-order valence-electron chi connectivity index (χ4n) is 1.30. The zero-order valence-electron chi connectivity index (χ0n) is 7.44. The van der Waals surface area contributed by atoms with Crippen molar-refractivity contribution in [2.24, 2.45) is 0 Å². The Bertz CT molecular complexity index is 256. The summed E-state index contributed by atoms with van der Waals surface area (Å²) in [6.07, 6.45) is 3.95. The van der Waals surface area contributed by atoms with Gasteiger partial charge in [-0.25, -0.2) is 0 Å². The molecular formula is C10H15N. The molecule has 1 heterocycles. The molecule has 0 saturated carbocycles. The minimum atomic E-state index is 0.552. The van der Waals surface area contributed by atoms with Gasteiger partial charge in [0.1, 0.15) is 0 Å². The van der Waals surface area contributed by atoms with Gasteiger partial charge in [-0.1, -0.05) is 26.5 Å². The lowest BCUT2D eigenvalue weighted by Crippen LogP contribution is -1.89. The average Bonchev–Trinajstić information content (AvgIpc) is 2.30. The summed E-state index contributed by atoms with van der Waals surface area (Å²) >= 11 is 0. The van der Waals surface area contributed by atoms with Crippen molar-refractivity contribution in [3.63, 3.8) is 0 Å². The number of hydrogen-bond acceptors (Lipinski definition) is 0. The molecule has 1 aromatic heterocycles. The molecule has 0 aromatic carbocycles. The predicted molar refractivity (Wildman–Crippen MR) is 49.7 cm³/mol. The topological polar surface area (TPSA) is 15.8 Å². The fourth-order valence-corrected chi connectivity index (χ4v) is 1.30. The standard InChI is InChI=1S/C10H15N/c1-5-9-8(4)6-11-10(9)7(2)3/h5-7,11H,1H2,2-4H3. The fraction of sp³-hybridized carbons (Fsp3) is 0.400. The van der Waals surface area contributed by atoms with E-state index in [9.17, 15) is 0 Å². The quantitative estimate of drug-likeness (QED) is 0.665. The van der Waals surface area contributed by atoms with E-state index in [0.29, 0.717) is 5.92 Å². The van der Waals surface area contributed by atoms with Crippen molar-refractivity contribution in [3.8, 4) is 0 Å². The van der Waals surface area contributed by atoms with Crippen LogP contribution >= 0.6 is 0 Å². The number of aromatic amines is 1. The highest BCUT2D eigenvalue weighted by atomic mass is 14.7. The number of aromatic nitrogens is 1. The van der Waals surface area contributed by atoms with E-state index in [-0.39, 0.29) is 0 Å². The molecule has 0 aliphatic rings. The number of rotatable bonds is 2. The Labute approximate surface area is 68.1 Å². The SMILES string of the molecule is C=Cc1c(C)c[nH]c1C(C)C. The Kier molecular flexibility index (Phi) is 2.18. The van der Waals surface area contributed by atoms with Crippen LogP contribution in [0, 0.1) is 6.92 Å². The molecule has 1 N–H and O–H groups in total. The molecule has 0 bridgehead atoms. The van der Waals surface area contributed by atoms with E-state index in [2.05, 4.69) is 32.3 Å². The van der Waals surface area contributed by atoms with Crippen LogP contribution in [0.4, 0.5) is 0 Å². The van der Waals surface area contributed by atoms with Crippen LogP contribution in [0.3, 0.4) is 0 Å². The molecule has 0 amide bonds. The van der Waals surface area contributed by atoms with E-state index in [1.807, 2.05) is 12.3 Å². The van der Waals surface area contributed by atoms with Gasteiger partial charge >= 0.3 is 0 Å². The van der Waals surface area contributed by atoms with Gasteiger partial charge < -0.3 is 4.98 Å². The van der Waals surface area contributed by atoms with E-state index < -0.39 is 0 Å². The maximum absolute atomic E-state index is 3.79. The first-order valence-corrected chi connectivity index (χ1v) is 3.97. The third-order valence-corrected chi connectivity index (χ3v) is 1.94. The number of H-pyrrole nitrogens is 1. The molecule has 0 unspecified atom stereocenters. The largest absolute Gasteiger partial charge is 0.364 e. The van der Waals surface area contributed by atoms with Gasteiger partial charge in [-0.15, -0.1) is 0 Å². The van der Waals surface area contributed by atoms with Crippen LogP contribution in [0.5, 0.6) is 0 Å².